The Hall–Kier alpha value is -4.32. The van der Waals surface area contributed by atoms with Crippen molar-refractivity contribution in [1.29, 1.82) is 0 Å². The zero-order valence-electron chi connectivity index (χ0n) is 25.4. The smallest absolute Gasteiger partial charge is 0.410 e. The lowest BCUT2D eigenvalue weighted by Crippen LogP contribution is -2.41. The fraction of sp³-hybridized carbons (Fsp3) is 0.387. The van der Waals surface area contributed by atoms with Crippen LogP contribution in [-0.4, -0.2) is 73.1 Å². The average Bonchev–Trinajstić information content (AvgIpc) is 3.39. The predicted octanol–water partition coefficient (Wildman–Crippen LogP) is 5.66. The second kappa shape index (κ2) is 11.8. The molecule has 0 aliphatic carbocycles. The molecule has 2 aromatic heterocycles. The molecule has 0 radical (unpaired) electrons. The summed E-state index contributed by atoms with van der Waals surface area (Å²) < 4.78 is 38.9. The molecule has 1 saturated heterocycles. The summed E-state index contributed by atoms with van der Waals surface area (Å²) in [6.45, 7) is 6.90. The van der Waals surface area contributed by atoms with Crippen LogP contribution in [0.5, 0.6) is 5.75 Å². The van der Waals surface area contributed by atoms with Crippen LogP contribution in [0.3, 0.4) is 0 Å². The monoisotopic (exact) mass is 606 g/mol. The number of para-hydroxylation sites is 1. The standard InChI is InChI=1S/C31H38N6O5S/c1-31(2,3)42-30(38)36-17-15-21(16-18-36)22-11-13-25(28(19-22)41-5)33-29-32-20-23-12-14-27(37(23)34-29)24-9-7-8-10-26(24)35(4)43(6,39)40/h7-14,19-21H,15-18H2,1-6H3,(H,33,34). The lowest BCUT2D eigenvalue weighted by molar-refractivity contribution is 0.0204. The van der Waals surface area contributed by atoms with Gasteiger partial charge in [0, 0.05) is 25.7 Å². The Balaban J connectivity index is 1.36. The first kappa shape index (κ1) is 30.1. The Bertz CT molecular complexity index is 1740. The summed E-state index contributed by atoms with van der Waals surface area (Å²) in [5.41, 5.74) is 4.10. The fourth-order valence-corrected chi connectivity index (χ4v) is 5.73. The van der Waals surface area contributed by atoms with Gasteiger partial charge in [0.15, 0.2) is 0 Å². The van der Waals surface area contributed by atoms with Crippen molar-refractivity contribution in [2.24, 2.45) is 0 Å². The quantitative estimate of drug-likeness (QED) is 0.286. The maximum Gasteiger partial charge on any atom is 0.410 e. The van der Waals surface area contributed by atoms with Gasteiger partial charge in [-0.05, 0) is 75.4 Å². The number of anilines is 3. The molecule has 228 valence electrons. The first-order valence-electron chi connectivity index (χ1n) is 14.1. The van der Waals surface area contributed by atoms with Gasteiger partial charge in [-0.1, -0.05) is 24.3 Å². The van der Waals surface area contributed by atoms with Crippen molar-refractivity contribution in [3.8, 4) is 17.0 Å². The number of carbonyl (C=O) groups is 1. The van der Waals surface area contributed by atoms with Crippen LogP contribution >= 0.6 is 0 Å². The normalized spacial score (nSPS) is 14.5. The van der Waals surface area contributed by atoms with Gasteiger partial charge in [-0.2, -0.15) is 0 Å². The number of fused-ring (bicyclic) bond motifs is 1. The van der Waals surface area contributed by atoms with E-state index in [2.05, 4.69) is 16.4 Å². The lowest BCUT2D eigenvalue weighted by Gasteiger charge is -2.33. The molecule has 5 rings (SSSR count). The van der Waals surface area contributed by atoms with Crippen LogP contribution in [0.25, 0.3) is 16.8 Å². The first-order valence-corrected chi connectivity index (χ1v) is 16.0. The summed E-state index contributed by atoms with van der Waals surface area (Å²) >= 11 is 0. The molecule has 11 nitrogen and oxygen atoms in total. The topological polar surface area (TPSA) is 118 Å². The molecule has 1 aliphatic rings. The van der Waals surface area contributed by atoms with Gasteiger partial charge in [-0.25, -0.2) is 22.7 Å². The Morgan fingerprint density at radius 2 is 1.79 bits per heavy atom. The maximum absolute atomic E-state index is 12.5. The third-order valence-corrected chi connectivity index (χ3v) is 8.70. The highest BCUT2D eigenvalue weighted by Gasteiger charge is 2.28. The number of benzene rings is 2. The van der Waals surface area contributed by atoms with E-state index in [1.165, 1.54) is 17.6 Å². The Kier molecular flexibility index (Phi) is 8.24. The largest absolute Gasteiger partial charge is 0.495 e. The molecule has 1 aliphatic heterocycles. The minimum Gasteiger partial charge on any atom is -0.495 e. The van der Waals surface area contributed by atoms with Crippen LogP contribution < -0.4 is 14.4 Å². The number of nitrogens with zero attached hydrogens (tertiary/aromatic N) is 5. The van der Waals surface area contributed by atoms with E-state index in [1.54, 1.807) is 34.9 Å². The minimum absolute atomic E-state index is 0.267. The van der Waals surface area contributed by atoms with Crippen molar-refractivity contribution < 1.29 is 22.7 Å². The highest BCUT2D eigenvalue weighted by Crippen LogP contribution is 2.36. The SMILES string of the molecule is COc1cc(C2CCN(C(=O)OC(C)(C)C)CC2)ccc1Nc1ncc2ccc(-c3ccccc3N(C)S(C)(=O)=O)n2n1. The molecule has 0 unspecified atom stereocenters. The third kappa shape index (κ3) is 6.69. The second-order valence-electron chi connectivity index (χ2n) is 11.7. The molecule has 2 aromatic carbocycles. The first-order chi connectivity index (χ1) is 20.3. The molecule has 12 heteroatoms. The Morgan fingerprint density at radius 3 is 2.47 bits per heavy atom. The molecule has 0 atom stereocenters. The molecule has 3 heterocycles. The number of likely N-dealkylation sites (tertiary alicyclic amines) is 1. The predicted molar refractivity (Wildman–Crippen MR) is 168 cm³/mol. The molecule has 1 fully saturated rings. The number of methoxy groups -OCH3 is 1. The highest BCUT2D eigenvalue weighted by molar-refractivity contribution is 7.92. The zero-order valence-corrected chi connectivity index (χ0v) is 26.2. The number of rotatable bonds is 7. The summed E-state index contributed by atoms with van der Waals surface area (Å²) in [4.78, 5) is 18.7. The molecule has 0 spiro atoms. The Morgan fingerprint density at radius 1 is 1.07 bits per heavy atom. The number of hydrogen-bond donors (Lipinski definition) is 1. The van der Waals surface area contributed by atoms with E-state index in [-0.39, 0.29) is 6.09 Å². The van der Waals surface area contributed by atoms with Crippen LogP contribution in [0.1, 0.15) is 45.1 Å². The van der Waals surface area contributed by atoms with Gasteiger partial charge in [0.25, 0.3) is 0 Å². The molecule has 43 heavy (non-hydrogen) atoms. The van der Waals surface area contributed by atoms with Gasteiger partial charge in [-0.3, -0.25) is 4.31 Å². The summed E-state index contributed by atoms with van der Waals surface area (Å²) in [5.74, 6) is 1.31. The lowest BCUT2D eigenvalue weighted by atomic mass is 9.89. The van der Waals surface area contributed by atoms with Crippen LogP contribution in [0, 0.1) is 0 Å². The second-order valence-corrected chi connectivity index (χ2v) is 13.7. The van der Waals surface area contributed by atoms with Crippen molar-refractivity contribution in [2.75, 3.05) is 43.1 Å². The van der Waals surface area contributed by atoms with E-state index in [9.17, 15) is 13.2 Å². The molecule has 4 aromatic rings. The van der Waals surface area contributed by atoms with Gasteiger partial charge < -0.3 is 19.7 Å². The number of piperidine rings is 1. The molecule has 1 amide bonds. The van der Waals surface area contributed by atoms with Crippen molar-refractivity contribution in [3.63, 3.8) is 0 Å². The summed E-state index contributed by atoms with van der Waals surface area (Å²) in [7, 11) is -0.305. The van der Waals surface area contributed by atoms with Crippen LogP contribution in [0.2, 0.25) is 0 Å². The Labute approximate surface area is 252 Å². The summed E-state index contributed by atoms with van der Waals surface area (Å²) in [6.07, 6.45) is 4.29. The average molecular weight is 607 g/mol. The maximum atomic E-state index is 12.5. The zero-order chi connectivity index (χ0) is 30.9. The fourth-order valence-electron chi connectivity index (χ4n) is 5.21. The molecule has 0 saturated carbocycles. The molecular formula is C31H38N6O5S. The van der Waals surface area contributed by atoms with Crippen LogP contribution in [0.15, 0.2) is 60.8 Å². The number of carbonyl (C=O) groups excluding carboxylic acids is 1. The number of nitrogens with one attached hydrogen (secondary N) is 1. The van der Waals surface area contributed by atoms with E-state index in [1.807, 2.05) is 57.2 Å². The van der Waals surface area contributed by atoms with Crippen LogP contribution in [-0.2, 0) is 14.8 Å². The van der Waals surface area contributed by atoms with Gasteiger partial charge in [0.2, 0.25) is 16.0 Å². The third-order valence-electron chi connectivity index (χ3n) is 7.51. The van der Waals surface area contributed by atoms with Crippen molar-refractivity contribution >= 4 is 39.0 Å². The van der Waals surface area contributed by atoms with Crippen molar-refractivity contribution in [3.05, 3.63) is 66.4 Å². The van der Waals surface area contributed by atoms with E-state index >= 15 is 0 Å². The molecule has 0 bridgehead atoms. The van der Waals surface area contributed by atoms with E-state index in [0.717, 1.165) is 35.2 Å². The highest BCUT2D eigenvalue weighted by atomic mass is 32.2. The number of amides is 1. The van der Waals surface area contributed by atoms with Crippen LogP contribution in [0.4, 0.5) is 22.1 Å². The van der Waals surface area contributed by atoms with Crippen molar-refractivity contribution in [2.45, 2.75) is 45.1 Å². The molecule has 1 N–H and O–H groups in total. The molecular weight excluding hydrogens is 568 g/mol. The number of sulfonamides is 1. The number of hydrogen-bond acceptors (Lipinski definition) is 8. The number of ether oxygens (including phenoxy) is 2. The van der Waals surface area contributed by atoms with Gasteiger partial charge in [0.05, 0.1) is 42.1 Å². The summed E-state index contributed by atoms with van der Waals surface area (Å²) in [5, 5.41) is 8.00. The minimum atomic E-state index is -3.46. The van der Waals surface area contributed by atoms with E-state index < -0.39 is 15.6 Å². The van der Waals surface area contributed by atoms with E-state index in [4.69, 9.17) is 14.6 Å². The number of aromatic nitrogens is 3. The van der Waals surface area contributed by atoms with E-state index in [0.29, 0.717) is 42.1 Å². The van der Waals surface area contributed by atoms with Gasteiger partial charge in [0.1, 0.15) is 11.4 Å². The van der Waals surface area contributed by atoms with Gasteiger partial charge in [-0.15, -0.1) is 5.10 Å². The summed E-state index contributed by atoms with van der Waals surface area (Å²) in [6, 6.07) is 17.1. The van der Waals surface area contributed by atoms with Crippen molar-refractivity contribution in [1.82, 2.24) is 19.5 Å². The van der Waals surface area contributed by atoms with Gasteiger partial charge >= 0.3 is 6.09 Å².